The molecule has 7 nitrogen and oxygen atoms in total. The van der Waals surface area contributed by atoms with Gasteiger partial charge in [-0.3, -0.25) is 9.59 Å². The minimum Gasteiger partial charge on any atom is -0.355 e. The molecule has 0 aliphatic rings. The normalized spacial score (nSPS) is 9.61. The number of aldehydes is 1. The number of carbonyl (C=O) groups excluding carboxylic acids is 3. The van der Waals surface area contributed by atoms with Crippen LogP contribution in [0.1, 0.15) is 48.0 Å². The first-order valence-corrected chi connectivity index (χ1v) is 8.15. The minimum atomic E-state index is -0.144. The Balaban J connectivity index is -0.000000121. The largest absolute Gasteiger partial charge is 0.355 e. The number of rotatable bonds is 8. The fourth-order valence-corrected chi connectivity index (χ4v) is 0.795. The van der Waals surface area contributed by atoms with Crippen LogP contribution in [0.25, 0.3) is 0 Å². The van der Waals surface area contributed by atoms with Gasteiger partial charge in [0, 0.05) is 19.1 Å². The van der Waals surface area contributed by atoms with E-state index in [-0.39, 0.29) is 19.0 Å². The number of nitrogens with two attached hydrogens (primary N) is 1. The second kappa shape index (κ2) is 28.7. The van der Waals surface area contributed by atoms with Crippen LogP contribution in [0.15, 0.2) is 0 Å². The van der Waals surface area contributed by atoms with E-state index < -0.39 is 0 Å². The predicted molar refractivity (Wildman–Crippen MR) is 97.2 cm³/mol. The average Bonchev–Trinajstić information content (AvgIpc) is 2.59. The first-order chi connectivity index (χ1) is 10.9. The molecular weight excluding hydrogens is 296 g/mol. The molecule has 0 rings (SSSR count). The smallest absolute Gasteiger partial charge is 0.239 e. The maximum Gasteiger partial charge on any atom is 0.239 e. The zero-order valence-electron chi connectivity index (χ0n) is 15.9. The lowest BCUT2D eigenvalue weighted by atomic mass is 10.1. The van der Waals surface area contributed by atoms with Gasteiger partial charge in [-0.25, -0.2) is 0 Å². The van der Waals surface area contributed by atoms with Gasteiger partial charge in [0.05, 0.1) is 6.54 Å². The molecule has 1 unspecified atom stereocenters. The van der Waals surface area contributed by atoms with E-state index in [0.29, 0.717) is 25.3 Å². The Morgan fingerprint density at radius 1 is 1.17 bits per heavy atom. The third-order valence-electron chi connectivity index (χ3n) is 2.47. The molecule has 2 amide bonds. The van der Waals surface area contributed by atoms with Gasteiger partial charge in [-0.05, 0) is 26.3 Å². The molecule has 0 saturated carbocycles. The van der Waals surface area contributed by atoms with Crippen molar-refractivity contribution in [1.29, 1.82) is 0 Å². The fourth-order valence-electron chi connectivity index (χ4n) is 0.795. The highest BCUT2D eigenvalue weighted by atomic mass is 16.2. The van der Waals surface area contributed by atoms with Crippen molar-refractivity contribution in [3.63, 3.8) is 0 Å². The van der Waals surface area contributed by atoms with Gasteiger partial charge in [0.15, 0.2) is 0 Å². The Hall–Kier alpha value is -1.47. The molecule has 0 spiro atoms. The maximum atomic E-state index is 10.6. The van der Waals surface area contributed by atoms with E-state index in [0.717, 1.165) is 12.3 Å². The molecule has 0 saturated heterocycles. The van der Waals surface area contributed by atoms with E-state index in [1.807, 2.05) is 27.8 Å². The molecule has 0 fully saturated rings. The van der Waals surface area contributed by atoms with Crippen LogP contribution < -0.4 is 21.7 Å². The monoisotopic (exact) mass is 334 g/mol. The fraction of sp³-hybridized carbons (Fsp3) is 0.812. The van der Waals surface area contributed by atoms with Crippen molar-refractivity contribution in [2.45, 2.75) is 54.0 Å². The quantitative estimate of drug-likeness (QED) is 0.488. The highest BCUT2D eigenvalue weighted by Crippen LogP contribution is 1.96. The number of hydrogen-bond donors (Lipinski definition) is 4. The van der Waals surface area contributed by atoms with Gasteiger partial charge in [-0.15, -0.1) is 0 Å². The summed E-state index contributed by atoms with van der Waals surface area (Å²) in [6.45, 7) is 13.4. The molecule has 0 aliphatic carbocycles. The highest BCUT2D eigenvalue weighted by molar-refractivity contribution is 5.79. The lowest BCUT2D eigenvalue weighted by Crippen LogP contribution is -2.33. The van der Waals surface area contributed by atoms with Crippen LogP contribution in [0.5, 0.6) is 0 Å². The molecule has 5 N–H and O–H groups in total. The number of hydrogen-bond acceptors (Lipinski definition) is 5. The second-order valence-corrected chi connectivity index (χ2v) is 4.57. The molecule has 0 bridgehead atoms. The summed E-state index contributed by atoms with van der Waals surface area (Å²) in [7, 11) is 1.99. The summed E-state index contributed by atoms with van der Waals surface area (Å²) in [6, 6.07) is 0.653. The van der Waals surface area contributed by atoms with E-state index in [4.69, 9.17) is 4.79 Å². The first-order valence-electron chi connectivity index (χ1n) is 8.15. The number of amides is 2. The van der Waals surface area contributed by atoms with E-state index in [2.05, 4.69) is 42.5 Å². The van der Waals surface area contributed by atoms with Gasteiger partial charge in [0.1, 0.15) is 6.29 Å². The minimum absolute atomic E-state index is 0.0729. The van der Waals surface area contributed by atoms with Crippen LogP contribution in [-0.4, -0.2) is 51.3 Å². The molecule has 140 valence electrons. The van der Waals surface area contributed by atoms with Crippen molar-refractivity contribution in [1.82, 2.24) is 16.0 Å². The third kappa shape index (κ3) is 38.5. The molecule has 0 radical (unpaired) electrons. The summed E-state index contributed by atoms with van der Waals surface area (Å²) in [5.41, 5.74) is 4.66. The highest BCUT2D eigenvalue weighted by Gasteiger charge is 2.00. The van der Waals surface area contributed by atoms with E-state index >= 15 is 0 Å². The first kappa shape index (κ1) is 29.5. The number of carbonyl (C=O) groups is 3. The second-order valence-electron chi connectivity index (χ2n) is 4.57. The molecule has 1 atom stereocenters. The van der Waals surface area contributed by atoms with Crippen molar-refractivity contribution in [3.05, 3.63) is 0 Å². The van der Waals surface area contributed by atoms with E-state index in [1.165, 1.54) is 0 Å². The summed E-state index contributed by atoms with van der Waals surface area (Å²) in [5.74, 6) is 0.610. The van der Waals surface area contributed by atoms with Crippen molar-refractivity contribution in [2.24, 2.45) is 11.7 Å². The standard InChI is InChI=1S/C6H12N2O2.C6H15N.C2H5NO.C2H6/c1-2-3-8-6(10)4-7-5-9;1-5(2)6(3)7-4;3-1-2-4;1-2/h5H,2-4H2,1H3,(H,7,9)(H,8,10);5-7H,1-4H3;2H,1,3H2;1-2H3. The zero-order chi connectivity index (χ0) is 19.1. The van der Waals surface area contributed by atoms with Crippen LogP contribution in [0.4, 0.5) is 0 Å². The van der Waals surface area contributed by atoms with Crippen LogP contribution in [-0.2, 0) is 14.4 Å². The van der Waals surface area contributed by atoms with Gasteiger partial charge in [-0.1, -0.05) is 34.6 Å². The Labute approximate surface area is 142 Å². The molecule has 23 heavy (non-hydrogen) atoms. The topological polar surface area (TPSA) is 113 Å². The SMILES string of the molecule is CC.CCCNC(=O)CNC=O.CNC(C)C(C)C.NCC=O. The Morgan fingerprint density at radius 2 is 1.65 bits per heavy atom. The van der Waals surface area contributed by atoms with Gasteiger partial charge >= 0.3 is 0 Å². The number of nitrogens with one attached hydrogen (secondary N) is 3. The van der Waals surface area contributed by atoms with Gasteiger partial charge in [0.2, 0.25) is 12.3 Å². The molecule has 0 heterocycles. The summed E-state index contributed by atoms with van der Waals surface area (Å²) in [5, 5.41) is 8.04. The maximum absolute atomic E-state index is 10.6. The van der Waals surface area contributed by atoms with Gasteiger partial charge < -0.3 is 26.5 Å². The van der Waals surface area contributed by atoms with E-state index in [1.54, 1.807) is 0 Å². The van der Waals surface area contributed by atoms with Crippen LogP contribution >= 0.6 is 0 Å². The molecule has 0 aromatic rings. The van der Waals surface area contributed by atoms with Crippen molar-refractivity contribution in [2.75, 3.05) is 26.7 Å². The average molecular weight is 335 g/mol. The van der Waals surface area contributed by atoms with Crippen molar-refractivity contribution in [3.8, 4) is 0 Å². The Morgan fingerprint density at radius 3 is 1.87 bits per heavy atom. The Bertz CT molecular complexity index is 249. The van der Waals surface area contributed by atoms with Gasteiger partial charge in [0.25, 0.3) is 0 Å². The van der Waals surface area contributed by atoms with Gasteiger partial charge in [-0.2, -0.15) is 0 Å². The molecule has 0 aromatic carbocycles. The lowest BCUT2D eigenvalue weighted by Gasteiger charge is -2.12. The molecule has 0 aromatic heterocycles. The predicted octanol–water partition coefficient (Wildman–Crippen LogP) is 0.679. The lowest BCUT2D eigenvalue weighted by molar-refractivity contribution is -0.122. The molecule has 7 heteroatoms. The van der Waals surface area contributed by atoms with Crippen molar-refractivity contribution >= 4 is 18.6 Å². The van der Waals surface area contributed by atoms with E-state index in [9.17, 15) is 9.59 Å². The molecule has 0 aliphatic heterocycles. The molecular formula is C16H38N4O3. The summed E-state index contributed by atoms with van der Waals surface area (Å²) in [6.07, 6.45) is 2.07. The van der Waals surface area contributed by atoms with Crippen LogP contribution in [0.3, 0.4) is 0 Å². The summed E-state index contributed by atoms with van der Waals surface area (Å²) < 4.78 is 0. The van der Waals surface area contributed by atoms with Crippen LogP contribution in [0, 0.1) is 5.92 Å². The van der Waals surface area contributed by atoms with Crippen molar-refractivity contribution < 1.29 is 14.4 Å². The Kier molecular flexibility index (Phi) is 36.8. The summed E-state index contributed by atoms with van der Waals surface area (Å²) >= 11 is 0. The third-order valence-corrected chi connectivity index (χ3v) is 2.47. The van der Waals surface area contributed by atoms with Crippen LogP contribution in [0.2, 0.25) is 0 Å². The zero-order valence-corrected chi connectivity index (χ0v) is 15.9. The summed E-state index contributed by atoms with van der Waals surface area (Å²) in [4.78, 5) is 29.4.